The molecule has 0 aliphatic carbocycles. The van der Waals surface area contributed by atoms with Crippen molar-refractivity contribution in [1.29, 1.82) is 0 Å². The molecule has 3 rings (SSSR count). The van der Waals surface area contributed by atoms with E-state index in [4.69, 9.17) is 5.11 Å². The average Bonchev–Trinajstić information content (AvgIpc) is 2.88. The number of rotatable bonds is 5. The third-order valence-electron chi connectivity index (χ3n) is 3.28. The number of nitrogens with zero attached hydrogens (tertiary/aromatic N) is 2. The number of hydrogen-bond acceptors (Lipinski definition) is 4. The lowest BCUT2D eigenvalue weighted by Gasteiger charge is -2.08. The van der Waals surface area contributed by atoms with Gasteiger partial charge in [0.1, 0.15) is 11.5 Å². The van der Waals surface area contributed by atoms with E-state index in [0.29, 0.717) is 18.8 Å². The smallest absolute Gasteiger partial charge is 0.163 e. The molecule has 0 saturated heterocycles. The number of anilines is 1. The Kier molecular flexibility index (Phi) is 3.83. The molecule has 1 aromatic carbocycles. The van der Waals surface area contributed by atoms with E-state index in [0.717, 1.165) is 28.1 Å². The predicted octanol–water partition coefficient (Wildman–Crippen LogP) is 2.73. The third-order valence-corrected chi connectivity index (χ3v) is 3.28. The lowest BCUT2D eigenvalue weighted by atomic mass is 10.2. The van der Waals surface area contributed by atoms with E-state index in [-0.39, 0.29) is 6.61 Å². The van der Waals surface area contributed by atoms with E-state index < -0.39 is 0 Å². The third kappa shape index (κ3) is 2.87. The van der Waals surface area contributed by atoms with Gasteiger partial charge in [-0.15, -0.1) is 0 Å². The molecule has 3 N–H and O–H groups in total. The first-order valence-electron chi connectivity index (χ1n) is 7.05. The second kappa shape index (κ2) is 5.93. The van der Waals surface area contributed by atoms with Crippen molar-refractivity contribution in [3.05, 3.63) is 42.1 Å². The highest BCUT2D eigenvalue weighted by molar-refractivity contribution is 5.89. The van der Waals surface area contributed by atoms with Gasteiger partial charge >= 0.3 is 0 Å². The van der Waals surface area contributed by atoms with Crippen molar-refractivity contribution in [2.45, 2.75) is 13.3 Å². The molecule has 0 radical (unpaired) electrons. The second-order valence-electron chi connectivity index (χ2n) is 4.98. The van der Waals surface area contributed by atoms with Crippen LogP contribution in [0.15, 0.2) is 36.4 Å². The number of aromatic amines is 1. The largest absolute Gasteiger partial charge is 0.396 e. The summed E-state index contributed by atoms with van der Waals surface area (Å²) in [6, 6.07) is 11.9. The fraction of sp³-hybridized carbons (Fsp3) is 0.250. The zero-order valence-corrected chi connectivity index (χ0v) is 11.9. The molecule has 5 nitrogen and oxygen atoms in total. The number of aryl methyl sites for hydroxylation is 1. The number of aromatic nitrogens is 3. The van der Waals surface area contributed by atoms with Gasteiger partial charge in [0.25, 0.3) is 0 Å². The van der Waals surface area contributed by atoms with Crippen molar-refractivity contribution in [2.75, 3.05) is 18.5 Å². The topological polar surface area (TPSA) is 73.8 Å². The SMILES string of the molecule is Cc1cc2c(NCCCO)nc(-c3ccccc3)nc2[nH]1. The molecule has 5 heteroatoms. The minimum Gasteiger partial charge on any atom is -0.396 e. The first kappa shape index (κ1) is 13.6. The standard InChI is InChI=1S/C16H18N4O/c1-11-10-13-15(17-8-5-9-21)19-14(20-16(13)18-11)12-6-3-2-4-7-12/h2-4,6-7,10,21H,5,8-9H2,1H3,(H2,17,18,19,20). The van der Waals surface area contributed by atoms with E-state index in [1.807, 2.05) is 43.3 Å². The zero-order chi connectivity index (χ0) is 14.7. The molecule has 0 spiro atoms. The van der Waals surface area contributed by atoms with Crippen molar-refractivity contribution in [3.63, 3.8) is 0 Å². The zero-order valence-electron chi connectivity index (χ0n) is 11.9. The number of fused-ring (bicyclic) bond motifs is 1. The number of nitrogens with one attached hydrogen (secondary N) is 2. The molecule has 0 atom stereocenters. The van der Waals surface area contributed by atoms with Gasteiger partial charge in [-0.25, -0.2) is 9.97 Å². The van der Waals surface area contributed by atoms with Crippen molar-refractivity contribution in [3.8, 4) is 11.4 Å². The van der Waals surface area contributed by atoms with Gasteiger partial charge in [0.15, 0.2) is 5.82 Å². The molecule has 0 fully saturated rings. The van der Waals surface area contributed by atoms with Crippen LogP contribution in [0, 0.1) is 6.92 Å². The van der Waals surface area contributed by atoms with Crippen LogP contribution >= 0.6 is 0 Å². The number of aliphatic hydroxyl groups excluding tert-OH is 1. The molecule has 3 aromatic rings. The van der Waals surface area contributed by atoms with Crippen molar-refractivity contribution in [2.24, 2.45) is 0 Å². The second-order valence-corrected chi connectivity index (χ2v) is 4.98. The van der Waals surface area contributed by atoms with Gasteiger partial charge in [-0.1, -0.05) is 30.3 Å². The van der Waals surface area contributed by atoms with Crippen LogP contribution in [0.5, 0.6) is 0 Å². The highest BCUT2D eigenvalue weighted by Crippen LogP contribution is 2.25. The maximum atomic E-state index is 8.92. The van der Waals surface area contributed by atoms with Gasteiger partial charge in [0, 0.05) is 24.4 Å². The molecule has 0 unspecified atom stereocenters. The Morgan fingerprint density at radius 3 is 2.76 bits per heavy atom. The van der Waals surface area contributed by atoms with Gasteiger partial charge in [0.05, 0.1) is 5.39 Å². The minimum atomic E-state index is 0.166. The van der Waals surface area contributed by atoms with Crippen LogP contribution in [0.25, 0.3) is 22.4 Å². The minimum absolute atomic E-state index is 0.166. The Bertz CT molecular complexity index is 737. The number of H-pyrrole nitrogens is 1. The first-order valence-corrected chi connectivity index (χ1v) is 7.05. The molecular weight excluding hydrogens is 264 g/mol. The van der Waals surface area contributed by atoms with Gasteiger partial charge in [-0.05, 0) is 19.4 Å². The van der Waals surface area contributed by atoms with E-state index in [1.54, 1.807) is 0 Å². The predicted molar refractivity (Wildman–Crippen MR) is 84.3 cm³/mol. The maximum Gasteiger partial charge on any atom is 0.163 e. The first-order chi connectivity index (χ1) is 10.3. The summed E-state index contributed by atoms with van der Waals surface area (Å²) < 4.78 is 0. The normalized spacial score (nSPS) is 11.0. The lowest BCUT2D eigenvalue weighted by Crippen LogP contribution is -2.06. The van der Waals surface area contributed by atoms with Gasteiger partial charge in [-0.2, -0.15) is 0 Å². The average molecular weight is 282 g/mol. The lowest BCUT2D eigenvalue weighted by molar-refractivity contribution is 0.292. The Morgan fingerprint density at radius 1 is 1.19 bits per heavy atom. The highest BCUT2D eigenvalue weighted by Gasteiger charge is 2.11. The van der Waals surface area contributed by atoms with Crippen molar-refractivity contribution < 1.29 is 5.11 Å². The Hall–Kier alpha value is -2.40. The summed E-state index contributed by atoms with van der Waals surface area (Å²) in [6.45, 7) is 2.85. The van der Waals surface area contributed by atoms with Crippen LogP contribution in [-0.2, 0) is 0 Å². The van der Waals surface area contributed by atoms with Crippen LogP contribution in [0.4, 0.5) is 5.82 Å². The molecular formula is C16H18N4O. The summed E-state index contributed by atoms with van der Waals surface area (Å²) in [7, 11) is 0. The number of aliphatic hydroxyl groups is 1. The maximum absolute atomic E-state index is 8.92. The van der Waals surface area contributed by atoms with Gasteiger partial charge < -0.3 is 15.4 Å². The molecule has 0 bridgehead atoms. The monoisotopic (exact) mass is 282 g/mol. The van der Waals surface area contributed by atoms with E-state index in [9.17, 15) is 0 Å². The summed E-state index contributed by atoms with van der Waals surface area (Å²) in [5.74, 6) is 1.49. The van der Waals surface area contributed by atoms with Crippen LogP contribution in [0.2, 0.25) is 0 Å². The van der Waals surface area contributed by atoms with Crippen molar-refractivity contribution in [1.82, 2.24) is 15.0 Å². The summed E-state index contributed by atoms with van der Waals surface area (Å²) in [5.41, 5.74) is 2.86. The molecule has 2 aromatic heterocycles. The van der Waals surface area contributed by atoms with E-state index in [2.05, 4.69) is 20.3 Å². The van der Waals surface area contributed by atoms with Crippen LogP contribution in [0.1, 0.15) is 12.1 Å². The quantitative estimate of drug-likeness (QED) is 0.629. The molecule has 108 valence electrons. The fourth-order valence-electron chi connectivity index (χ4n) is 2.28. The number of hydrogen-bond donors (Lipinski definition) is 3. The van der Waals surface area contributed by atoms with Crippen LogP contribution in [0.3, 0.4) is 0 Å². The molecule has 2 heterocycles. The van der Waals surface area contributed by atoms with Crippen LogP contribution < -0.4 is 5.32 Å². The highest BCUT2D eigenvalue weighted by atomic mass is 16.3. The fourth-order valence-corrected chi connectivity index (χ4v) is 2.28. The summed E-state index contributed by atoms with van der Waals surface area (Å²) in [6.07, 6.45) is 0.690. The van der Waals surface area contributed by atoms with Crippen LogP contribution in [-0.4, -0.2) is 33.2 Å². The molecule has 0 saturated carbocycles. The summed E-state index contributed by atoms with van der Waals surface area (Å²) in [5, 5.41) is 13.2. The van der Waals surface area contributed by atoms with E-state index >= 15 is 0 Å². The summed E-state index contributed by atoms with van der Waals surface area (Å²) in [4.78, 5) is 12.5. The molecule has 0 aliphatic heterocycles. The molecule has 0 amide bonds. The van der Waals surface area contributed by atoms with E-state index in [1.165, 1.54) is 0 Å². The summed E-state index contributed by atoms with van der Waals surface area (Å²) >= 11 is 0. The Morgan fingerprint density at radius 2 is 2.00 bits per heavy atom. The Balaban J connectivity index is 2.06. The number of benzene rings is 1. The molecule has 21 heavy (non-hydrogen) atoms. The Labute approximate surface area is 123 Å². The molecule has 0 aliphatic rings. The van der Waals surface area contributed by atoms with Gasteiger partial charge in [0.2, 0.25) is 0 Å². The van der Waals surface area contributed by atoms with Gasteiger partial charge in [-0.3, -0.25) is 0 Å². The van der Waals surface area contributed by atoms with Crippen molar-refractivity contribution >= 4 is 16.9 Å².